The van der Waals surface area contributed by atoms with E-state index in [9.17, 15) is 0 Å². The van der Waals surface area contributed by atoms with Gasteiger partial charge in [0.15, 0.2) is 0 Å². The second kappa shape index (κ2) is 6.23. The zero-order valence-electron chi connectivity index (χ0n) is 12.0. The number of rotatable bonds is 5. The van der Waals surface area contributed by atoms with Gasteiger partial charge in [-0.15, -0.1) is 0 Å². The van der Waals surface area contributed by atoms with E-state index in [1.165, 1.54) is 36.0 Å². The molecular formula is C19H23N. The van der Waals surface area contributed by atoms with E-state index in [2.05, 4.69) is 48.5 Å². The Balaban J connectivity index is 1.55. The third-order valence-electron chi connectivity index (χ3n) is 4.53. The first-order valence-electron chi connectivity index (χ1n) is 7.72. The van der Waals surface area contributed by atoms with E-state index < -0.39 is 0 Å². The molecule has 0 radical (unpaired) electrons. The van der Waals surface area contributed by atoms with E-state index in [0.717, 1.165) is 18.8 Å². The van der Waals surface area contributed by atoms with Crippen molar-refractivity contribution in [3.05, 3.63) is 71.3 Å². The summed E-state index contributed by atoms with van der Waals surface area (Å²) in [6.45, 7) is 0. The summed E-state index contributed by atoms with van der Waals surface area (Å²) in [5.74, 6) is 0.829. The maximum absolute atomic E-state index is 6.25. The zero-order chi connectivity index (χ0) is 13.8. The normalized spacial score (nSPS) is 16.6. The van der Waals surface area contributed by atoms with Crippen molar-refractivity contribution >= 4 is 0 Å². The first kappa shape index (κ1) is 13.4. The van der Waals surface area contributed by atoms with Gasteiger partial charge in [0.05, 0.1) is 0 Å². The topological polar surface area (TPSA) is 26.0 Å². The predicted molar refractivity (Wildman–Crippen MR) is 84.7 cm³/mol. The molecule has 0 heterocycles. The molecule has 1 unspecified atom stereocenters. The van der Waals surface area contributed by atoms with Crippen LogP contribution in [0.1, 0.15) is 54.3 Å². The molecule has 20 heavy (non-hydrogen) atoms. The van der Waals surface area contributed by atoms with Gasteiger partial charge in [0.2, 0.25) is 0 Å². The largest absolute Gasteiger partial charge is 0.324 e. The molecule has 0 aliphatic heterocycles. The molecule has 1 saturated carbocycles. The SMILES string of the molecule is NC(CCc1ccc(C2CCC2)cc1)c1ccccc1. The van der Waals surface area contributed by atoms with Gasteiger partial charge in [0.25, 0.3) is 0 Å². The second-order valence-corrected chi connectivity index (χ2v) is 5.93. The first-order valence-corrected chi connectivity index (χ1v) is 7.72. The predicted octanol–water partition coefficient (Wildman–Crippen LogP) is 4.59. The zero-order valence-corrected chi connectivity index (χ0v) is 12.0. The van der Waals surface area contributed by atoms with Gasteiger partial charge < -0.3 is 5.73 Å². The number of aryl methyl sites for hydroxylation is 1. The average molecular weight is 265 g/mol. The third kappa shape index (κ3) is 3.10. The Bertz CT molecular complexity index is 525. The summed E-state index contributed by atoms with van der Waals surface area (Å²) in [4.78, 5) is 0. The molecule has 1 fully saturated rings. The van der Waals surface area contributed by atoms with Crippen molar-refractivity contribution in [1.29, 1.82) is 0 Å². The molecule has 0 aromatic heterocycles. The van der Waals surface area contributed by atoms with Gasteiger partial charge in [0.1, 0.15) is 0 Å². The van der Waals surface area contributed by atoms with Crippen LogP contribution in [0.15, 0.2) is 54.6 Å². The smallest absolute Gasteiger partial charge is 0.0298 e. The Kier molecular flexibility index (Phi) is 4.17. The van der Waals surface area contributed by atoms with Crippen LogP contribution >= 0.6 is 0 Å². The molecule has 1 nitrogen and oxygen atoms in total. The lowest BCUT2D eigenvalue weighted by atomic mass is 9.80. The molecule has 0 amide bonds. The van der Waals surface area contributed by atoms with Crippen molar-refractivity contribution in [2.24, 2.45) is 5.73 Å². The van der Waals surface area contributed by atoms with Gasteiger partial charge in [-0.1, -0.05) is 61.0 Å². The van der Waals surface area contributed by atoms with E-state index in [4.69, 9.17) is 5.73 Å². The lowest BCUT2D eigenvalue weighted by Gasteiger charge is -2.25. The molecular weight excluding hydrogens is 242 g/mol. The van der Waals surface area contributed by atoms with Crippen molar-refractivity contribution in [3.63, 3.8) is 0 Å². The number of hydrogen-bond acceptors (Lipinski definition) is 1. The van der Waals surface area contributed by atoms with E-state index in [1.807, 2.05) is 6.07 Å². The molecule has 1 atom stereocenters. The van der Waals surface area contributed by atoms with Gasteiger partial charge >= 0.3 is 0 Å². The van der Waals surface area contributed by atoms with Crippen LogP contribution in [0.2, 0.25) is 0 Å². The van der Waals surface area contributed by atoms with Crippen LogP contribution in [0.4, 0.5) is 0 Å². The van der Waals surface area contributed by atoms with Crippen molar-refractivity contribution in [2.45, 2.75) is 44.1 Å². The van der Waals surface area contributed by atoms with Gasteiger partial charge in [-0.3, -0.25) is 0 Å². The van der Waals surface area contributed by atoms with Crippen molar-refractivity contribution in [1.82, 2.24) is 0 Å². The molecule has 2 N–H and O–H groups in total. The fourth-order valence-electron chi connectivity index (χ4n) is 2.89. The van der Waals surface area contributed by atoms with Crippen LogP contribution in [-0.2, 0) is 6.42 Å². The van der Waals surface area contributed by atoms with Gasteiger partial charge in [-0.05, 0) is 48.3 Å². The van der Waals surface area contributed by atoms with Crippen molar-refractivity contribution in [3.8, 4) is 0 Å². The summed E-state index contributed by atoms with van der Waals surface area (Å²) >= 11 is 0. The number of benzene rings is 2. The number of nitrogens with two attached hydrogens (primary N) is 1. The minimum absolute atomic E-state index is 0.141. The molecule has 0 saturated heterocycles. The van der Waals surface area contributed by atoms with Gasteiger partial charge in [-0.2, -0.15) is 0 Å². The lowest BCUT2D eigenvalue weighted by molar-refractivity contribution is 0.419. The summed E-state index contributed by atoms with van der Waals surface area (Å²) in [7, 11) is 0. The van der Waals surface area contributed by atoms with E-state index in [-0.39, 0.29) is 6.04 Å². The van der Waals surface area contributed by atoms with Crippen LogP contribution in [0, 0.1) is 0 Å². The van der Waals surface area contributed by atoms with Crippen LogP contribution in [0.5, 0.6) is 0 Å². The van der Waals surface area contributed by atoms with Gasteiger partial charge in [-0.25, -0.2) is 0 Å². The molecule has 104 valence electrons. The Morgan fingerprint density at radius 1 is 0.950 bits per heavy atom. The van der Waals surface area contributed by atoms with Crippen molar-refractivity contribution < 1.29 is 0 Å². The quantitative estimate of drug-likeness (QED) is 0.841. The summed E-state index contributed by atoms with van der Waals surface area (Å²) in [6, 6.07) is 19.7. The minimum Gasteiger partial charge on any atom is -0.324 e. The molecule has 1 aliphatic carbocycles. The van der Waals surface area contributed by atoms with Gasteiger partial charge in [0, 0.05) is 6.04 Å². The van der Waals surface area contributed by atoms with E-state index >= 15 is 0 Å². The van der Waals surface area contributed by atoms with E-state index in [0.29, 0.717) is 0 Å². The van der Waals surface area contributed by atoms with Crippen LogP contribution in [0.3, 0.4) is 0 Å². The Morgan fingerprint density at radius 2 is 1.65 bits per heavy atom. The second-order valence-electron chi connectivity index (χ2n) is 5.93. The third-order valence-corrected chi connectivity index (χ3v) is 4.53. The Hall–Kier alpha value is -1.60. The highest BCUT2D eigenvalue weighted by Gasteiger charge is 2.18. The molecule has 3 rings (SSSR count). The maximum Gasteiger partial charge on any atom is 0.0298 e. The van der Waals surface area contributed by atoms with Crippen LogP contribution < -0.4 is 5.73 Å². The van der Waals surface area contributed by atoms with Crippen molar-refractivity contribution in [2.75, 3.05) is 0 Å². The molecule has 1 aliphatic rings. The Morgan fingerprint density at radius 3 is 2.25 bits per heavy atom. The molecule has 1 heteroatoms. The average Bonchev–Trinajstić information content (AvgIpc) is 2.45. The highest BCUT2D eigenvalue weighted by atomic mass is 14.6. The summed E-state index contributed by atoms with van der Waals surface area (Å²) in [6.07, 6.45) is 6.21. The maximum atomic E-state index is 6.25. The summed E-state index contributed by atoms with van der Waals surface area (Å²) in [5.41, 5.74) is 10.4. The van der Waals surface area contributed by atoms with Crippen LogP contribution in [0.25, 0.3) is 0 Å². The standard InChI is InChI=1S/C19H23N/c20-19(18-5-2-1-3-6-18)14-11-15-9-12-17(13-10-15)16-7-4-8-16/h1-3,5-6,9-10,12-13,16,19H,4,7-8,11,14,20H2. The van der Waals surface area contributed by atoms with E-state index in [1.54, 1.807) is 0 Å². The molecule has 2 aromatic rings. The number of hydrogen-bond donors (Lipinski definition) is 1. The summed E-state index contributed by atoms with van der Waals surface area (Å²) < 4.78 is 0. The first-order chi connectivity index (χ1) is 9.83. The molecule has 0 spiro atoms. The Labute approximate surface area is 121 Å². The fourth-order valence-corrected chi connectivity index (χ4v) is 2.89. The van der Waals surface area contributed by atoms with Crippen LogP contribution in [-0.4, -0.2) is 0 Å². The highest BCUT2D eigenvalue weighted by molar-refractivity contribution is 5.27. The highest BCUT2D eigenvalue weighted by Crippen LogP contribution is 2.36. The summed E-state index contributed by atoms with van der Waals surface area (Å²) in [5, 5.41) is 0. The minimum atomic E-state index is 0.141. The fraction of sp³-hybridized carbons (Fsp3) is 0.368. The molecule has 0 bridgehead atoms. The monoisotopic (exact) mass is 265 g/mol. The molecule has 2 aromatic carbocycles. The lowest BCUT2D eigenvalue weighted by Crippen LogP contribution is -2.11.